The molecule has 13 heavy (non-hydrogen) atoms. The van der Waals surface area contributed by atoms with E-state index in [-0.39, 0.29) is 24.3 Å². The summed E-state index contributed by atoms with van der Waals surface area (Å²) in [7, 11) is 0. The van der Waals surface area contributed by atoms with Crippen molar-refractivity contribution in [2.24, 2.45) is 5.73 Å². The highest BCUT2D eigenvalue weighted by Crippen LogP contribution is 1.95. The molecule has 0 fully saturated rings. The van der Waals surface area contributed by atoms with Gasteiger partial charge in [0.25, 0.3) is 0 Å². The fourth-order valence-corrected chi connectivity index (χ4v) is 0.707. The van der Waals surface area contributed by atoms with Crippen molar-refractivity contribution in [3.63, 3.8) is 0 Å². The second kappa shape index (κ2) is 7.42. The number of guanidine groups is 2. The Morgan fingerprint density at radius 3 is 2.31 bits per heavy atom. The third-order valence-electron chi connectivity index (χ3n) is 1.11. The molecule has 0 saturated carbocycles. The molecule has 0 atom stereocenters. The minimum Gasteiger partial charge on any atom is -0.370 e. The van der Waals surface area contributed by atoms with Gasteiger partial charge in [-0.2, -0.15) is 0 Å². The molecule has 0 radical (unpaired) electrons. The summed E-state index contributed by atoms with van der Waals surface area (Å²) in [6, 6.07) is 0. The molecule has 0 rings (SSSR count). The lowest BCUT2D eigenvalue weighted by molar-refractivity contribution is 0.848. The van der Waals surface area contributed by atoms with Crippen molar-refractivity contribution in [2.45, 2.75) is 19.8 Å². The van der Waals surface area contributed by atoms with E-state index in [0.29, 0.717) is 0 Å². The Bertz CT molecular complexity index is 201. The average Bonchev–Trinajstić information content (AvgIpc) is 1.84. The smallest absolute Gasteiger partial charge is 0.199 e. The molecule has 6 heteroatoms. The molecule has 0 aromatic rings. The van der Waals surface area contributed by atoms with E-state index < -0.39 is 0 Å². The van der Waals surface area contributed by atoms with E-state index in [0.717, 1.165) is 18.5 Å². The monoisotopic (exact) mass is 205 g/mol. The van der Waals surface area contributed by atoms with Gasteiger partial charge in [0.15, 0.2) is 11.9 Å². The summed E-state index contributed by atoms with van der Waals surface area (Å²) in [6.07, 6.45) is 1.78. The molecule has 76 valence electrons. The first-order chi connectivity index (χ1) is 5.56. The van der Waals surface area contributed by atoms with Crippen LogP contribution in [0.1, 0.15) is 19.8 Å². The summed E-state index contributed by atoms with van der Waals surface area (Å²) in [6.45, 7) is 5.71. The number of allylic oxidation sites excluding steroid dienone is 1. The molecule has 0 aliphatic rings. The molecule has 6 N–H and O–H groups in total. The van der Waals surface area contributed by atoms with Crippen molar-refractivity contribution in [3.8, 4) is 0 Å². The molecule has 0 aliphatic carbocycles. The zero-order chi connectivity index (χ0) is 9.56. The Morgan fingerprint density at radius 1 is 1.38 bits per heavy atom. The third-order valence-corrected chi connectivity index (χ3v) is 1.11. The number of rotatable bonds is 3. The molecule has 0 saturated heterocycles. The summed E-state index contributed by atoms with van der Waals surface area (Å²) in [4.78, 5) is 0. The lowest BCUT2D eigenvalue weighted by Crippen LogP contribution is -2.42. The van der Waals surface area contributed by atoms with E-state index in [1.807, 2.05) is 6.92 Å². The van der Waals surface area contributed by atoms with Crippen molar-refractivity contribution in [3.05, 3.63) is 12.3 Å². The maximum atomic E-state index is 7.22. The fourth-order valence-electron chi connectivity index (χ4n) is 0.707. The van der Waals surface area contributed by atoms with Gasteiger partial charge < -0.3 is 11.1 Å². The van der Waals surface area contributed by atoms with Crippen LogP contribution in [0.2, 0.25) is 0 Å². The quantitative estimate of drug-likeness (QED) is 0.347. The minimum absolute atomic E-state index is 0. The molecule has 5 nitrogen and oxygen atoms in total. The van der Waals surface area contributed by atoms with Crippen LogP contribution in [0.25, 0.3) is 0 Å². The van der Waals surface area contributed by atoms with Crippen LogP contribution < -0.4 is 16.4 Å². The molecule has 0 bridgehead atoms. The number of hydrogen-bond donors (Lipinski definition) is 5. The highest BCUT2D eigenvalue weighted by atomic mass is 35.5. The molecule has 0 aromatic heterocycles. The number of nitrogens with two attached hydrogens (primary N) is 1. The molecule has 0 heterocycles. The predicted molar refractivity (Wildman–Crippen MR) is 57.2 cm³/mol. The lowest BCUT2D eigenvalue weighted by atomic mass is 10.3. The Kier molecular flexibility index (Phi) is 8.16. The fraction of sp³-hybridized carbons (Fsp3) is 0.429. The number of hydrogen-bond acceptors (Lipinski definition) is 2. The average molecular weight is 206 g/mol. The zero-order valence-electron chi connectivity index (χ0n) is 7.61. The van der Waals surface area contributed by atoms with Crippen molar-refractivity contribution >= 4 is 24.3 Å². The first-order valence-corrected chi connectivity index (χ1v) is 3.70. The highest BCUT2D eigenvalue weighted by molar-refractivity contribution is 5.95. The molecule has 0 aliphatic heterocycles. The summed E-state index contributed by atoms with van der Waals surface area (Å²) in [5.74, 6) is -0.266. The SMILES string of the molecule is C=C(CCC)NC(=N)NC(=N)N.Cl. The summed E-state index contributed by atoms with van der Waals surface area (Å²) in [5, 5.41) is 19.0. The highest BCUT2D eigenvalue weighted by Gasteiger charge is 1.97. The standard InChI is InChI=1S/C7H15N5.ClH/c1-3-4-5(2)11-7(10)12-6(8)9;/h2-4H2,1H3,(H6,8,9,10,11,12);1H. The van der Waals surface area contributed by atoms with Gasteiger partial charge in [0.2, 0.25) is 0 Å². The maximum Gasteiger partial charge on any atom is 0.199 e. The van der Waals surface area contributed by atoms with E-state index in [4.69, 9.17) is 16.6 Å². The topological polar surface area (TPSA) is 97.8 Å². The van der Waals surface area contributed by atoms with Gasteiger partial charge in [-0.05, 0) is 6.42 Å². The van der Waals surface area contributed by atoms with Crippen LogP contribution in [0.4, 0.5) is 0 Å². The van der Waals surface area contributed by atoms with Crippen LogP contribution in [0.15, 0.2) is 12.3 Å². The number of halogens is 1. The maximum absolute atomic E-state index is 7.22. The first-order valence-electron chi connectivity index (χ1n) is 3.70. The lowest BCUT2D eigenvalue weighted by Gasteiger charge is -2.09. The Hall–Kier alpha value is -1.23. The van der Waals surface area contributed by atoms with Crippen LogP contribution in [0.3, 0.4) is 0 Å². The van der Waals surface area contributed by atoms with Crippen molar-refractivity contribution < 1.29 is 0 Å². The van der Waals surface area contributed by atoms with Crippen LogP contribution in [0, 0.1) is 10.8 Å². The van der Waals surface area contributed by atoms with E-state index >= 15 is 0 Å². The van der Waals surface area contributed by atoms with Crippen LogP contribution in [0.5, 0.6) is 0 Å². The normalized spacial score (nSPS) is 8.08. The Morgan fingerprint density at radius 2 is 1.92 bits per heavy atom. The molecular weight excluding hydrogens is 190 g/mol. The minimum atomic E-state index is -0.253. The zero-order valence-corrected chi connectivity index (χ0v) is 8.42. The Balaban J connectivity index is 0. The molecular formula is C7H16ClN5. The van der Waals surface area contributed by atoms with Crippen molar-refractivity contribution in [2.75, 3.05) is 0 Å². The van der Waals surface area contributed by atoms with Crippen molar-refractivity contribution in [1.82, 2.24) is 10.6 Å². The molecule has 0 amide bonds. The van der Waals surface area contributed by atoms with E-state index in [2.05, 4.69) is 17.2 Å². The largest absolute Gasteiger partial charge is 0.370 e. The summed E-state index contributed by atoms with van der Waals surface area (Å²) >= 11 is 0. The van der Waals surface area contributed by atoms with Crippen molar-refractivity contribution in [1.29, 1.82) is 10.8 Å². The summed E-state index contributed by atoms with van der Waals surface area (Å²) in [5.41, 5.74) is 5.75. The summed E-state index contributed by atoms with van der Waals surface area (Å²) < 4.78 is 0. The van der Waals surface area contributed by atoms with Crippen LogP contribution in [-0.2, 0) is 0 Å². The second-order valence-corrected chi connectivity index (χ2v) is 2.39. The molecule has 0 spiro atoms. The van der Waals surface area contributed by atoms with Gasteiger partial charge in [0, 0.05) is 5.70 Å². The van der Waals surface area contributed by atoms with E-state index in [9.17, 15) is 0 Å². The predicted octanol–water partition coefficient (Wildman–Crippen LogP) is 0.729. The van der Waals surface area contributed by atoms with Gasteiger partial charge in [0.1, 0.15) is 0 Å². The van der Waals surface area contributed by atoms with Gasteiger partial charge in [-0.3, -0.25) is 16.1 Å². The van der Waals surface area contributed by atoms with E-state index in [1.165, 1.54) is 0 Å². The van der Waals surface area contributed by atoms with Gasteiger partial charge in [0.05, 0.1) is 0 Å². The van der Waals surface area contributed by atoms with E-state index in [1.54, 1.807) is 0 Å². The van der Waals surface area contributed by atoms with Gasteiger partial charge in [-0.1, -0.05) is 19.9 Å². The van der Waals surface area contributed by atoms with Crippen LogP contribution in [-0.4, -0.2) is 11.9 Å². The molecule has 0 unspecified atom stereocenters. The van der Waals surface area contributed by atoms with Gasteiger partial charge >= 0.3 is 0 Å². The number of nitrogens with one attached hydrogen (secondary N) is 4. The third kappa shape index (κ3) is 8.68. The van der Waals surface area contributed by atoms with Crippen LogP contribution >= 0.6 is 12.4 Å². The van der Waals surface area contributed by atoms with Gasteiger partial charge in [-0.25, -0.2) is 0 Å². The molecule has 0 aromatic carbocycles. The Labute approximate surface area is 84.2 Å². The second-order valence-electron chi connectivity index (χ2n) is 2.39. The first kappa shape index (κ1) is 14.3. The van der Waals surface area contributed by atoms with Gasteiger partial charge in [-0.15, -0.1) is 12.4 Å².